The molecule has 0 saturated carbocycles. The van der Waals surface area contributed by atoms with Gasteiger partial charge in [0.05, 0.1) is 11.8 Å². The third kappa shape index (κ3) is 6.66. The first-order valence-corrected chi connectivity index (χ1v) is 13.4. The molecule has 4 heterocycles. The molecule has 2 saturated heterocycles. The molecule has 0 unspecified atom stereocenters. The molecular formula is C26H32F3N5OS. The van der Waals surface area contributed by atoms with E-state index in [4.69, 9.17) is 4.74 Å². The molecule has 5 rings (SSSR count). The Morgan fingerprint density at radius 2 is 1.83 bits per heavy atom. The molecule has 2 aromatic heterocycles. The summed E-state index contributed by atoms with van der Waals surface area (Å²) in [6, 6.07) is 10.2. The number of hydrogen-bond donors (Lipinski definition) is 1. The molecule has 194 valence electrons. The van der Waals surface area contributed by atoms with E-state index in [1.165, 1.54) is 11.9 Å². The van der Waals surface area contributed by atoms with Gasteiger partial charge in [-0.05, 0) is 56.5 Å². The third-order valence-electron chi connectivity index (χ3n) is 6.96. The van der Waals surface area contributed by atoms with Crippen molar-refractivity contribution in [2.24, 2.45) is 0 Å². The number of nitrogens with zero attached hydrogens (tertiary/aromatic N) is 4. The molecule has 0 spiro atoms. The maximum Gasteiger partial charge on any atom is 0.393 e. The predicted octanol–water partition coefficient (Wildman–Crippen LogP) is 5.35. The van der Waals surface area contributed by atoms with E-state index >= 15 is 0 Å². The van der Waals surface area contributed by atoms with Crippen molar-refractivity contribution in [2.75, 3.05) is 38.5 Å². The van der Waals surface area contributed by atoms with E-state index in [9.17, 15) is 13.2 Å². The van der Waals surface area contributed by atoms with Gasteiger partial charge in [-0.3, -0.25) is 4.90 Å². The number of benzene rings is 1. The first-order valence-electron chi connectivity index (χ1n) is 12.5. The zero-order valence-corrected chi connectivity index (χ0v) is 21.2. The fourth-order valence-corrected chi connectivity index (χ4v) is 6.03. The minimum absolute atomic E-state index is 0.226. The lowest BCUT2D eigenvalue weighted by Gasteiger charge is -2.33. The van der Waals surface area contributed by atoms with Gasteiger partial charge in [-0.2, -0.15) is 13.2 Å². The minimum Gasteiger partial charge on any atom is -0.490 e. The minimum atomic E-state index is -4.23. The summed E-state index contributed by atoms with van der Waals surface area (Å²) in [7, 11) is 2.15. The summed E-state index contributed by atoms with van der Waals surface area (Å²) in [6.45, 7) is 4.91. The van der Waals surface area contributed by atoms with E-state index in [1.54, 1.807) is 6.07 Å². The zero-order valence-electron chi connectivity index (χ0n) is 20.4. The number of hydrogen-bond acceptors (Lipinski definition) is 7. The highest BCUT2D eigenvalue weighted by molar-refractivity contribution is 7.18. The highest BCUT2D eigenvalue weighted by Crippen LogP contribution is 2.33. The molecule has 1 aromatic carbocycles. The number of halogens is 3. The average molecular weight is 520 g/mol. The van der Waals surface area contributed by atoms with E-state index in [0.717, 1.165) is 75.5 Å². The second-order valence-electron chi connectivity index (χ2n) is 9.91. The van der Waals surface area contributed by atoms with Crippen molar-refractivity contribution in [3.05, 3.63) is 47.1 Å². The summed E-state index contributed by atoms with van der Waals surface area (Å²) in [5.41, 5.74) is 1.25. The second kappa shape index (κ2) is 10.9. The molecule has 0 atom stereocenters. The van der Waals surface area contributed by atoms with Gasteiger partial charge in [-0.25, -0.2) is 9.97 Å². The van der Waals surface area contributed by atoms with Gasteiger partial charge in [-0.1, -0.05) is 12.1 Å². The van der Waals surface area contributed by atoms with E-state index in [2.05, 4.69) is 50.3 Å². The summed E-state index contributed by atoms with van der Waals surface area (Å²) in [6.07, 6.45) is 0.564. The highest BCUT2D eigenvalue weighted by Gasteiger charge is 2.29. The van der Waals surface area contributed by atoms with Crippen LogP contribution in [-0.4, -0.2) is 71.3 Å². The van der Waals surface area contributed by atoms with Crippen molar-refractivity contribution in [1.29, 1.82) is 0 Å². The fraction of sp³-hybridized carbons (Fsp3) is 0.538. The predicted molar refractivity (Wildman–Crippen MR) is 137 cm³/mol. The van der Waals surface area contributed by atoms with Gasteiger partial charge in [0, 0.05) is 43.6 Å². The van der Waals surface area contributed by atoms with Crippen LogP contribution in [-0.2, 0) is 13.0 Å². The molecule has 3 aromatic rings. The monoisotopic (exact) mass is 519 g/mol. The Morgan fingerprint density at radius 1 is 1.06 bits per heavy atom. The SMILES string of the molecule is CN1CCC(Oc2cccc(CN3CCC(Nc4ncnc5sc(CC(F)(F)F)cc45)CC3)c2)CC1. The number of likely N-dealkylation sites (tertiary alicyclic amines) is 2. The molecule has 36 heavy (non-hydrogen) atoms. The topological polar surface area (TPSA) is 53.5 Å². The Balaban J connectivity index is 1.14. The number of thiophene rings is 1. The zero-order chi connectivity index (χ0) is 25.1. The largest absolute Gasteiger partial charge is 0.490 e. The maximum absolute atomic E-state index is 12.8. The maximum atomic E-state index is 12.8. The lowest BCUT2D eigenvalue weighted by Crippen LogP contribution is -2.38. The van der Waals surface area contributed by atoms with Gasteiger partial charge in [0.15, 0.2) is 0 Å². The highest BCUT2D eigenvalue weighted by atomic mass is 32.1. The van der Waals surface area contributed by atoms with Crippen LogP contribution in [0.4, 0.5) is 19.0 Å². The van der Waals surface area contributed by atoms with Crippen LogP contribution in [0.25, 0.3) is 10.2 Å². The van der Waals surface area contributed by atoms with Gasteiger partial charge in [-0.15, -0.1) is 11.3 Å². The Bertz CT molecular complexity index is 1150. The number of nitrogens with one attached hydrogen (secondary N) is 1. The molecule has 2 fully saturated rings. The Labute approximate surface area is 213 Å². The molecule has 1 N–H and O–H groups in total. The summed E-state index contributed by atoms with van der Waals surface area (Å²) < 4.78 is 44.7. The Kier molecular flexibility index (Phi) is 7.64. The number of aromatic nitrogens is 2. The van der Waals surface area contributed by atoms with Crippen LogP contribution in [0.2, 0.25) is 0 Å². The van der Waals surface area contributed by atoms with Gasteiger partial charge in [0.25, 0.3) is 0 Å². The van der Waals surface area contributed by atoms with Crippen molar-refractivity contribution < 1.29 is 17.9 Å². The van der Waals surface area contributed by atoms with E-state index < -0.39 is 12.6 Å². The van der Waals surface area contributed by atoms with Gasteiger partial charge in [0.2, 0.25) is 0 Å². The number of alkyl halides is 3. The van der Waals surface area contributed by atoms with Crippen molar-refractivity contribution in [1.82, 2.24) is 19.8 Å². The molecule has 6 nitrogen and oxygen atoms in total. The first kappa shape index (κ1) is 25.2. The van der Waals surface area contributed by atoms with Crippen molar-refractivity contribution in [3.63, 3.8) is 0 Å². The first-order chi connectivity index (χ1) is 17.3. The number of anilines is 1. The molecule has 10 heteroatoms. The molecule has 2 aliphatic heterocycles. The summed E-state index contributed by atoms with van der Waals surface area (Å²) in [5.74, 6) is 1.58. The normalized spacial score (nSPS) is 19.1. The lowest BCUT2D eigenvalue weighted by molar-refractivity contribution is -0.126. The second-order valence-corrected chi connectivity index (χ2v) is 11.0. The average Bonchev–Trinajstić information content (AvgIpc) is 3.24. The van der Waals surface area contributed by atoms with Crippen molar-refractivity contribution >= 4 is 27.4 Å². The van der Waals surface area contributed by atoms with E-state index in [0.29, 0.717) is 22.1 Å². The summed E-state index contributed by atoms with van der Waals surface area (Å²) in [5, 5.41) is 4.14. The lowest BCUT2D eigenvalue weighted by atomic mass is 10.0. The van der Waals surface area contributed by atoms with Crippen LogP contribution in [0.1, 0.15) is 36.1 Å². The van der Waals surface area contributed by atoms with E-state index in [-0.39, 0.29) is 10.9 Å². The van der Waals surface area contributed by atoms with Crippen LogP contribution in [0.3, 0.4) is 0 Å². The van der Waals surface area contributed by atoms with Crippen LogP contribution in [0.15, 0.2) is 36.7 Å². The Hall–Kier alpha value is -2.43. The standard InChI is InChI=1S/C26H32F3N5OS/c1-33-9-7-20(8-10-33)35-21-4-2-3-18(13-21)16-34-11-5-19(6-12-34)32-24-23-14-22(15-26(27,28)29)36-25(23)31-17-30-24/h2-4,13-14,17,19-20H,5-12,15-16H2,1H3,(H,30,31,32). The molecule has 2 aliphatic rings. The number of piperidine rings is 2. The molecule has 0 radical (unpaired) electrons. The van der Waals surface area contributed by atoms with Crippen LogP contribution in [0.5, 0.6) is 5.75 Å². The van der Waals surface area contributed by atoms with E-state index in [1.807, 2.05) is 6.07 Å². The molecule has 0 amide bonds. The van der Waals surface area contributed by atoms with Gasteiger partial charge >= 0.3 is 6.18 Å². The molecule has 0 aliphatic carbocycles. The van der Waals surface area contributed by atoms with Gasteiger partial charge in [0.1, 0.15) is 28.8 Å². The quantitative estimate of drug-likeness (QED) is 0.455. The smallest absolute Gasteiger partial charge is 0.393 e. The Morgan fingerprint density at radius 3 is 2.58 bits per heavy atom. The summed E-state index contributed by atoms with van der Waals surface area (Å²) in [4.78, 5) is 14.1. The van der Waals surface area contributed by atoms with Crippen LogP contribution < -0.4 is 10.1 Å². The van der Waals surface area contributed by atoms with Crippen molar-refractivity contribution in [2.45, 2.75) is 57.0 Å². The molecular weight excluding hydrogens is 487 g/mol. The number of fused-ring (bicyclic) bond motifs is 1. The number of ether oxygens (including phenoxy) is 1. The molecule has 0 bridgehead atoms. The van der Waals surface area contributed by atoms with Crippen LogP contribution in [0, 0.1) is 0 Å². The van der Waals surface area contributed by atoms with Crippen LogP contribution >= 0.6 is 11.3 Å². The van der Waals surface area contributed by atoms with Gasteiger partial charge < -0.3 is 15.0 Å². The fourth-order valence-electron chi connectivity index (χ4n) is 5.00. The number of rotatable bonds is 7. The summed E-state index contributed by atoms with van der Waals surface area (Å²) >= 11 is 1.08. The van der Waals surface area contributed by atoms with Crippen molar-refractivity contribution in [3.8, 4) is 5.75 Å². The third-order valence-corrected chi connectivity index (χ3v) is 8.00.